The van der Waals surface area contributed by atoms with E-state index in [4.69, 9.17) is 11.6 Å². The molecule has 1 aliphatic carbocycles. The van der Waals surface area contributed by atoms with Crippen LogP contribution in [0.4, 0.5) is 30.7 Å². The summed E-state index contributed by atoms with van der Waals surface area (Å²) < 4.78 is 119. The average molecular weight is 591 g/mol. The molecule has 1 fully saturated rings. The summed E-state index contributed by atoms with van der Waals surface area (Å²) in [6.45, 7) is 1.33. The second-order valence-corrected chi connectivity index (χ2v) is 10.5. The largest absolute Gasteiger partial charge is 0.471 e. The molecule has 208 valence electrons. The molecule has 0 bridgehead atoms. The van der Waals surface area contributed by atoms with Gasteiger partial charge in [-0.05, 0) is 37.5 Å². The molecule has 0 radical (unpaired) electrons. The predicted molar refractivity (Wildman–Crippen MR) is 120 cm³/mol. The van der Waals surface area contributed by atoms with Gasteiger partial charge in [0.05, 0.1) is 11.1 Å². The van der Waals surface area contributed by atoms with Crippen LogP contribution in [0.25, 0.3) is 11.1 Å². The van der Waals surface area contributed by atoms with Crippen molar-refractivity contribution in [2.24, 2.45) is 0 Å². The number of nitrogens with one attached hydrogen (secondary N) is 2. The molecule has 0 spiro atoms. The quantitative estimate of drug-likeness (QED) is 0.340. The number of halogens is 8. The highest BCUT2D eigenvalue weighted by Crippen LogP contribution is 2.40. The number of para-hydroxylation sites is 1. The first-order valence-electron chi connectivity index (χ1n) is 10.6. The zero-order valence-corrected chi connectivity index (χ0v) is 20.7. The molecule has 2 aromatic rings. The minimum Gasteiger partial charge on any atom is -0.380 e. The smallest absolute Gasteiger partial charge is 0.380 e. The second-order valence-electron chi connectivity index (χ2n) is 8.48. The van der Waals surface area contributed by atoms with Crippen LogP contribution < -0.4 is 14.8 Å². The van der Waals surface area contributed by atoms with Crippen molar-refractivity contribution in [1.29, 1.82) is 0 Å². The van der Waals surface area contributed by atoms with E-state index < -0.39 is 63.2 Å². The number of carbonyl (C=O) groups is 2. The Morgan fingerprint density at radius 3 is 2.26 bits per heavy atom. The van der Waals surface area contributed by atoms with E-state index in [2.05, 4.69) is 9.50 Å². The fourth-order valence-corrected chi connectivity index (χ4v) is 4.61. The molecule has 2 aromatic carbocycles. The van der Waals surface area contributed by atoms with Crippen LogP contribution >= 0.6 is 11.6 Å². The van der Waals surface area contributed by atoms with Gasteiger partial charge in [-0.1, -0.05) is 35.9 Å². The van der Waals surface area contributed by atoms with Crippen molar-refractivity contribution in [3.8, 4) is 16.9 Å². The summed E-state index contributed by atoms with van der Waals surface area (Å²) in [7, 11) is -5.17. The molecule has 1 atom stereocenters. The van der Waals surface area contributed by atoms with E-state index in [0.29, 0.717) is 0 Å². The number of carbonyl (C=O) groups excluding carboxylic acids is 2. The van der Waals surface area contributed by atoms with Gasteiger partial charge in [0, 0.05) is 11.1 Å². The number of amides is 2. The van der Waals surface area contributed by atoms with Gasteiger partial charge in [0.1, 0.15) is 11.4 Å². The lowest BCUT2D eigenvalue weighted by atomic mass is 9.99. The summed E-state index contributed by atoms with van der Waals surface area (Å²) in [5.41, 5.74) is -2.10. The number of hydrogen-bond acceptors (Lipinski definition) is 5. The number of hydrogen-bond donors (Lipinski definition) is 2. The number of benzene rings is 2. The van der Waals surface area contributed by atoms with Crippen molar-refractivity contribution in [2.75, 3.05) is 5.75 Å². The molecule has 0 heterocycles. The highest BCUT2D eigenvalue weighted by molar-refractivity contribution is 7.87. The predicted octanol–water partition coefficient (Wildman–Crippen LogP) is 4.81. The molecule has 16 heteroatoms. The minimum atomic E-state index is -5.20. The summed E-state index contributed by atoms with van der Waals surface area (Å²) in [4.78, 5) is 23.7. The standard InChI is InChI=1S/C22H18ClF7N2O5S/c1-11(31-18(33)20(7-8-20)32-19(34)22(28,29)30)13-6-5-12(9-16(13)24)14-3-2-4-15(23)17(14)37-38(35,36)10-21(25,26)27/h2-6,9,11H,7-8,10H2,1H3,(H,31,33)(H,32,34)/t11-/m1/s1. The maximum Gasteiger partial charge on any atom is 0.471 e. The minimum absolute atomic E-state index is 0.0411. The molecule has 3 rings (SSSR count). The molecule has 1 saturated carbocycles. The topological polar surface area (TPSA) is 102 Å². The van der Waals surface area contributed by atoms with Gasteiger partial charge < -0.3 is 14.8 Å². The molecule has 0 aromatic heterocycles. The Bertz CT molecular complexity index is 1360. The lowest BCUT2D eigenvalue weighted by Gasteiger charge is -2.22. The maximum atomic E-state index is 15.0. The molecule has 0 aliphatic heterocycles. The van der Waals surface area contributed by atoms with Crippen LogP contribution in [0.1, 0.15) is 31.4 Å². The fraction of sp³-hybridized carbons (Fsp3) is 0.364. The number of rotatable bonds is 8. The molecule has 0 saturated heterocycles. The first kappa shape index (κ1) is 29.5. The molecular weight excluding hydrogens is 573 g/mol. The van der Waals surface area contributed by atoms with Crippen LogP contribution in [0.5, 0.6) is 5.75 Å². The van der Waals surface area contributed by atoms with Gasteiger partial charge in [0.25, 0.3) is 0 Å². The van der Waals surface area contributed by atoms with Crippen molar-refractivity contribution < 1.29 is 52.9 Å². The Morgan fingerprint density at radius 2 is 1.74 bits per heavy atom. The van der Waals surface area contributed by atoms with Gasteiger partial charge in [-0.25, -0.2) is 4.39 Å². The third-order valence-corrected chi connectivity index (χ3v) is 6.84. The second kappa shape index (κ2) is 10.2. The molecule has 0 unspecified atom stereocenters. The van der Waals surface area contributed by atoms with Crippen LogP contribution in [-0.2, 0) is 19.7 Å². The number of alkyl halides is 6. The molecule has 2 amide bonds. The third kappa shape index (κ3) is 7.07. The molecule has 1 aliphatic rings. The average Bonchev–Trinajstić information content (AvgIpc) is 3.53. The molecular formula is C22H18ClF7N2O5S. The van der Waals surface area contributed by atoms with Gasteiger partial charge >= 0.3 is 28.4 Å². The highest BCUT2D eigenvalue weighted by atomic mass is 35.5. The van der Waals surface area contributed by atoms with E-state index in [1.807, 2.05) is 0 Å². The normalized spacial score (nSPS) is 15.9. The fourth-order valence-electron chi connectivity index (χ4n) is 3.46. The zero-order chi connectivity index (χ0) is 28.7. The van der Waals surface area contributed by atoms with E-state index in [0.717, 1.165) is 12.1 Å². The Hall–Kier alpha value is -3.07. The van der Waals surface area contributed by atoms with E-state index >= 15 is 0 Å². The van der Waals surface area contributed by atoms with Gasteiger partial charge in [-0.15, -0.1) is 0 Å². The van der Waals surface area contributed by atoms with Crippen molar-refractivity contribution in [2.45, 2.75) is 43.7 Å². The Balaban J connectivity index is 1.82. The lowest BCUT2D eigenvalue weighted by molar-refractivity contribution is -0.175. The summed E-state index contributed by atoms with van der Waals surface area (Å²) in [5.74, 6) is -7.15. The van der Waals surface area contributed by atoms with Crippen molar-refractivity contribution in [3.63, 3.8) is 0 Å². The van der Waals surface area contributed by atoms with Gasteiger partial charge in [0.2, 0.25) is 5.91 Å². The van der Waals surface area contributed by atoms with Crippen LogP contribution in [0, 0.1) is 5.82 Å². The van der Waals surface area contributed by atoms with Crippen molar-refractivity contribution >= 4 is 33.5 Å². The maximum absolute atomic E-state index is 15.0. The first-order valence-corrected chi connectivity index (χ1v) is 12.6. The first-order chi connectivity index (χ1) is 17.3. The van der Waals surface area contributed by atoms with Gasteiger partial charge in [0.15, 0.2) is 11.5 Å². The monoisotopic (exact) mass is 590 g/mol. The van der Waals surface area contributed by atoms with Crippen LogP contribution in [-0.4, -0.2) is 43.9 Å². The highest BCUT2D eigenvalue weighted by Gasteiger charge is 2.55. The SMILES string of the molecule is C[C@@H](NC(=O)C1(NC(=O)C(F)(F)F)CC1)c1ccc(-c2cccc(Cl)c2OS(=O)(=O)CC(F)(F)F)cc1F. The molecule has 7 nitrogen and oxygen atoms in total. The van der Waals surface area contributed by atoms with Gasteiger partial charge in [-0.3, -0.25) is 9.59 Å². The van der Waals surface area contributed by atoms with E-state index in [-0.39, 0.29) is 34.6 Å². The van der Waals surface area contributed by atoms with Crippen molar-refractivity contribution in [3.05, 3.63) is 52.8 Å². The Morgan fingerprint density at radius 1 is 1.11 bits per heavy atom. The lowest BCUT2D eigenvalue weighted by Crippen LogP contribution is -2.53. The van der Waals surface area contributed by atoms with E-state index in [1.165, 1.54) is 31.2 Å². The zero-order valence-electron chi connectivity index (χ0n) is 19.1. The summed E-state index contributed by atoms with van der Waals surface area (Å²) in [6.07, 6.45) is -10.4. The Kier molecular flexibility index (Phi) is 7.95. The third-order valence-electron chi connectivity index (χ3n) is 5.44. The van der Waals surface area contributed by atoms with Crippen LogP contribution in [0.2, 0.25) is 5.02 Å². The van der Waals surface area contributed by atoms with E-state index in [1.54, 1.807) is 5.32 Å². The van der Waals surface area contributed by atoms with Crippen molar-refractivity contribution in [1.82, 2.24) is 10.6 Å². The summed E-state index contributed by atoms with van der Waals surface area (Å²) in [6, 6.07) is 5.90. The Labute approximate surface area is 216 Å². The molecule has 38 heavy (non-hydrogen) atoms. The van der Waals surface area contributed by atoms with E-state index in [9.17, 15) is 48.7 Å². The summed E-state index contributed by atoms with van der Waals surface area (Å²) >= 11 is 5.94. The van der Waals surface area contributed by atoms with Crippen LogP contribution in [0.15, 0.2) is 36.4 Å². The van der Waals surface area contributed by atoms with Gasteiger partial charge in [-0.2, -0.15) is 34.8 Å². The van der Waals surface area contributed by atoms with Crippen LogP contribution in [0.3, 0.4) is 0 Å². The summed E-state index contributed by atoms with van der Waals surface area (Å²) in [5, 5.41) is 3.61. The molecule has 2 N–H and O–H groups in total.